The Morgan fingerprint density at radius 2 is 1.92 bits per heavy atom. The molecule has 4 rings (SSSR count). The second-order valence-corrected chi connectivity index (χ2v) is 6.04. The van der Waals surface area contributed by atoms with E-state index >= 15 is 0 Å². The van der Waals surface area contributed by atoms with Gasteiger partial charge in [0, 0.05) is 18.7 Å². The number of halogens is 1. The first-order chi connectivity index (χ1) is 12.7. The van der Waals surface area contributed by atoms with Crippen LogP contribution in [0.4, 0.5) is 11.9 Å². The summed E-state index contributed by atoms with van der Waals surface area (Å²) in [5, 5.41) is 13.0. The monoisotopic (exact) mass is 373 g/mol. The normalized spacial score (nSPS) is 14.6. The van der Waals surface area contributed by atoms with Gasteiger partial charge < -0.3 is 15.4 Å². The number of hydrogen-bond donors (Lipinski definition) is 1. The molecule has 0 saturated carbocycles. The molecule has 10 nitrogen and oxygen atoms in total. The van der Waals surface area contributed by atoms with E-state index in [9.17, 15) is 0 Å². The third-order valence-corrected chi connectivity index (χ3v) is 4.16. The van der Waals surface area contributed by atoms with E-state index in [4.69, 9.17) is 22.1 Å². The van der Waals surface area contributed by atoms with Crippen molar-refractivity contribution < 1.29 is 4.74 Å². The van der Waals surface area contributed by atoms with Crippen molar-refractivity contribution in [2.24, 2.45) is 0 Å². The Morgan fingerprint density at radius 1 is 1.12 bits per heavy atom. The Bertz CT molecular complexity index is 910. The summed E-state index contributed by atoms with van der Waals surface area (Å²) in [5.41, 5.74) is 6.55. The van der Waals surface area contributed by atoms with E-state index < -0.39 is 0 Å². The van der Waals surface area contributed by atoms with E-state index in [1.807, 2.05) is 23.1 Å². The van der Waals surface area contributed by atoms with Crippen molar-refractivity contribution in [3.05, 3.63) is 35.1 Å². The fourth-order valence-corrected chi connectivity index (χ4v) is 2.81. The van der Waals surface area contributed by atoms with Crippen molar-refractivity contribution in [1.82, 2.24) is 35.2 Å². The molecule has 1 fully saturated rings. The van der Waals surface area contributed by atoms with Gasteiger partial charge in [-0.05, 0) is 17.3 Å². The summed E-state index contributed by atoms with van der Waals surface area (Å²) in [4.78, 5) is 16.2. The largest absolute Gasteiger partial charge is 0.378 e. The number of aromatic nitrogens is 7. The van der Waals surface area contributed by atoms with Crippen LogP contribution in [-0.4, -0.2) is 61.5 Å². The Hall–Kier alpha value is -2.85. The molecular weight excluding hydrogens is 358 g/mol. The molecule has 0 atom stereocenters. The van der Waals surface area contributed by atoms with E-state index in [0.717, 1.165) is 0 Å². The predicted octanol–water partition coefficient (Wildman–Crippen LogP) is 0.646. The lowest BCUT2D eigenvalue weighted by atomic mass is 10.2. The number of anilines is 2. The second kappa shape index (κ2) is 7.18. The van der Waals surface area contributed by atoms with Crippen LogP contribution < -0.4 is 10.6 Å². The van der Waals surface area contributed by atoms with Crippen LogP contribution in [-0.2, 0) is 11.3 Å². The van der Waals surface area contributed by atoms with E-state index in [1.165, 1.54) is 4.80 Å². The van der Waals surface area contributed by atoms with Crippen molar-refractivity contribution in [3.63, 3.8) is 0 Å². The van der Waals surface area contributed by atoms with E-state index in [-0.39, 0.29) is 12.5 Å². The minimum absolute atomic E-state index is 0.155. The van der Waals surface area contributed by atoms with Crippen LogP contribution in [0.1, 0.15) is 5.82 Å². The number of morpholine rings is 1. The summed E-state index contributed by atoms with van der Waals surface area (Å²) in [6, 6.07) is 7.32. The van der Waals surface area contributed by atoms with Gasteiger partial charge in [-0.25, -0.2) is 0 Å². The maximum absolute atomic E-state index is 6.17. The summed E-state index contributed by atoms with van der Waals surface area (Å²) in [6.45, 7) is 2.91. The van der Waals surface area contributed by atoms with Gasteiger partial charge in [0.25, 0.3) is 0 Å². The van der Waals surface area contributed by atoms with E-state index in [2.05, 4.69) is 30.4 Å². The fourth-order valence-electron chi connectivity index (χ4n) is 2.59. The molecule has 3 aromatic rings. The summed E-state index contributed by atoms with van der Waals surface area (Å²) < 4.78 is 5.34. The van der Waals surface area contributed by atoms with Gasteiger partial charge in [-0.2, -0.15) is 19.7 Å². The Labute approximate surface area is 154 Å². The molecule has 11 heteroatoms. The smallest absolute Gasteiger partial charge is 0.230 e. The summed E-state index contributed by atoms with van der Waals surface area (Å²) in [6.07, 6.45) is 0. The van der Waals surface area contributed by atoms with Gasteiger partial charge in [0.1, 0.15) is 6.54 Å². The Balaban J connectivity index is 1.56. The molecule has 3 heterocycles. The first-order valence-electron chi connectivity index (χ1n) is 8.05. The van der Waals surface area contributed by atoms with Crippen molar-refractivity contribution in [2.75, 3.05) is 36.9 Å². The summed E-state index contributed by atoms with van der Waals surface area (Å²) in [5.74, 6) is 1.58. The number of nitrogens with two attached hydrogens (primary N) is 1. The molecule has 26 heavy (non-hydrogen) atoms. The van der Waals surface area contributed by atoms with Gasteiger partial charge in [-0.3, -0.25) is 0 Å². The maximum atomic E-state index is 6.17. The zero-order valence-corrected chi connectivity index (χ0v) is 14.5. The number of tetrazole rings is 1. The molecule has 1 saturated heterocycles. The highest BCUT2D eigenvalue weighted by Gasteiger charge is 2.17. The SMILES string of the molecule is Nc1nc(Cn2nnc(-c3ccccc3Cl)n2)nc(N2CCOCC2)n1. The topological polar surface area (TPSA) is 121 Å². The molecule has 0 spiro atoms. The van der Waals surface area contributed by atoms with Gasteiger partial charge in [0.2, 0.25) is 17.7 Å². The maximum Gasteiger partial charge on any atom is 0.230 e. The van der Waals surface area contributed by atoms with E-state index in [1.54, 1.807) is 6.07 Å². The number of rotatable bonds is 4. The lowest BCUT2D eigenvalue weighted by molar-refractivity contribution is 0.122. The zero-order valence-electron chi connectivity index (χ0n) is 13.8. The average Bonchev–Trinajstić information content (AvgIpc) is 3.10. The molecule has 1 aromatic carbocycles. The highest BCUT2D eigenvalue weighted by molar-refractivity contribution is 6.33. The second-order valence-electron chi connectivity index (χ2n) is 5.63. The van der Waals surface area contributed by atoms with Gasteiger partial charge >= 0.3 is 0 Å². The Kier molecular flexibility index (Phi) is 4.59. The molecule has 1 aliphatic heterocycles. The third-order valence-electron chi connectivity index (χ3n) is 3.83. The highest BCUT2D eigenvalue weighted by atomic mass is 35.5. The van der Waals surface area contributed by atoms with Gasteiger partial charge in [0.15, 0.2) is 5.82 Å². The van der Waals surface area contributed by atoms with E-state index in [0.29, 0.717) is 54.5 Å². The van der Waals surface area contributed by atoms with Crippen LogP contribution in [0.3, 0.4) is 0 Å². The number of hydrogen-bond acceptors (Lipinski definition) is 9. The van der Waals surface area contributed by atoms with Crippen molar-refractivity contribution in [3.8, 4) is 11.4 Å². The van der Waals surface area contributed by atoms with Gasteiger partial charge in [0.05, 0.1) is 18.2 Å². The molecular formula is C15H16ClN9O. The summed E-state index contributed by atoms with van der Waals surface area (Å²) >= 11 is 6.17. The van der Waals surface area contributed by atoms with Crippen molar-refractivity contribution in [2.45, 2.75) is 6.54 Å². The van der Waals surface area contributed by atoms with Crippen molar-refractivity contribution in [1.29, 1.82) is 0 Å². The lowest BCUT2D eigenvalue weighted by Gasteiger charge is -2.26. The van der Waals surface area contributed by atoms with Crippen LogP contribution in [0.15, 0.2) is 24.3 Å². The van der Waals surface area contributed by atoms with Crippen LogP contribution in [0.2, 0.25) is 5.02 Å². The quantitative estimate of drug-likeness (QED) is 0.702. The van der Waals surface area contributed by atoms with Gasteiger partial charge in [-0.1, -0.05) is 23.7 Å². The average molecular weight is 374 g/mol. The van der Waals surface area contributed by atoms with Crippen LogP contribution in [0.25, 0.3) is 11.4 Å². The minimum Gasteiger partial charge on any atom is -0.378 e. The van der Waals surface area contributed by atoms with Gasteiger partial charge in [-0.15, -0.1) is 10.2 Å². The lowest BCUT2D eigenvalue weighted by Crippen LogP contribution is -2.37. The number of nitrogens with zero attached hydrogens (tertiary/aromatic N) is 8. The number of benzene rings is 1. The van der Waals surface area contributed by atoms with Crippen LogP contribution in [0, 0.1) is 0 Å². The zero-order chi connectivity index (χ0) is 17.9. The number of ether oxygens (including phenoxy) is 1. The molecule has 0 aliphatic carbocycles. The molecule has 0 bridgehead atoms. The van der Waals surface area contributed by atoms with Crippen LogP contribution >= 0.6 is 11.6 Å². The molecule has 134 valence electrons. The first-order valence-corrected chi connectivity index (χ1v) is 8.43. The molecule has 0 unspecified atom stereocenters. The molecule has 0 radical (unpaired) electrons. The van der Waals surface area contributed by atoms with Crippen LogP contribution in [0.5, 0.6) is 0 Å². The standard InChI is InChI=1S/C15H16ClN9O/c16-11-4-2-1-3-10(11)13-21-23-25(22-13)9-12-18-14(17)20-15(19-12)24-5-7-26-8-6-24/h1-4H,5-9H2,(H2,17,18,19,20). The summed E-state index contributed by atoms with van der Waals surface area (Å²) in [7, 11) is 0. The molecule has 0 amide bonds. The fraction of sp³-hybridized carbons (Fsp3) is 0.333. The molecule has 2 aromatic heterocycles. The Morgan fingerprint density at radius 3 is 2.73 bits per heavy atom. The molecule has 2 N–H and O–H groups in total. The third kappa shape index (κ3) is 3.55. The minimum atomic E-state index is 0.155. The first kappa shape index (κ1) is 16.6. The number of nitrogen functional groups attached to an aromatic ring is 1. The molecule has 1 aliphatic rings. The van der Waals surface area contributed by atoms with Crippen molar-refractivity contribution >= 4 is 23.5 Å². The highest BCUT2D eigenvalue weighted by Crippen LogP contribution is 2.23. The predicted molar refractivity (Wildman–Crippen MR) is 94.6 cm³/mol.